The van der Waals surface area contributed by atoms with Crippen LogP contribution < -0.4 is 15.0 Å². The van der Waals surface area contributed by atoms with Gasteiger partial charge in [-0.15, -0.1) is 0 Å². The predicted molar refractivity (Wildman–Crippen MR) is 149 cm³/mol. The summed E-state index contributed by atoms with van der Waals surface area (Å²) in [7, 11) is 1.70. The molecule has 0 spiro atoms. The number of nitrogens with one attached hydrogen (secondary N) is 2. The van der Waals surface area contributed by atoms with Gasteiger partial charge in [0, 0.05) is 72.0 Å². The number of benzene rings is 2. The third-order valence-electron chi connectivity index (χ3n) is 7.33. The summed E-state index contributed by atoms with van der Waals surface area (Å²) in [6.07, 6.45) is 4.01. The molecule has 1 aliphatic rings. The molecule has 0 amide bonds. The molecule has 4 heterocycles. The highest BCUT2D eigenvalue weighted by atomic mass is 16.5. The Labute approximate surface area is 217 Å². The van der Waals surface area contributed by atoms with Crippen LogP contribution in [0.4, 0.5) is 5.69 Å². The van der Waals surface area contributed by atoms with Crippen LogP contribution in [0.3, 0.4) is 0 Å². The largest absolute Gasteiger partial charge is 0.497 e. The number of methoxy groups -OCH3 is 1. The van der Waals surface area contributed by atoms with Crippen molar-refractivity contribution >= 4 is 16.7 Å². The number of fused-ring (bicyclic) bond motifs is 1. The van der Waals surface area contributed by atoms with E-state index in [2.05, 4.69) is 82.4 Å². The molecule has 7 nitrogen and oxygen atoms in total. The van der Waals surface area contributed by atoms with Gasteiger partial charge in [0.25, 0.3) is 0 Å². The van der Waals surface area contributed by atoms with Crippen LogP contribution in [0.1, 0.15) is 17.0 Å². The predicted octanol–water partition coefficient (Wildman–Crippen LogP) is 5.18. The second-order valence-electron chi connectivity index (χ2n) is 9.66. The fourth-order valence-electron chi connectivity index (χ4n) is 5.34. The zero-order valence-electron chi connectivity index (χ0n) is 21.6. The quantitative estimate of drug-likeness (QED) is 0.342. The van der Waals surface area contributed by atoms with Crippen molar-refractivity contribution in [3.63, 3.8) is 0 Å². The van der Waals surface area contributed by atoms with Crippen LogP contribution in [0.25, 0.3) is 33.3 Å². The van der Waals surface area contributed by atoms with Crippen LogP contribution in [0.5, 0.6) is 5.75 Å². The summed E-state index contributed by atoms with van der Waals surface area (Å²) >= 11 is 0. The topological polar surface area (TPSA) is 71.0 Å². The number of aromatic amines is 1. The molecule has 7 heteroatoms. The van der Waals surface area contributed by atoms with E-state index in [4.69, 9.17) is 14.8 Å². The summed E-state index contributed by atoms with van der Waals surface area (Å²) < 4.78 is 7.47. The maximum atomic E-state index is 5.40. The first-order valence-electron chi connectivity index (χ1n) is 12.8. The van der Waals surface area contributed by atoms with E-state index in [9.17, 15) is 0 Å². The van der Waals surface area contributed by atoms with Gasteiger partial charge in [-0.25, -0.2) is 4.98 Å². The van der Waals surface area contributed by atoms with Gasteiger partial charge < -0.3 is 19.9 Å². The van der Waals surface area contributed by atoms with Gasteiger partial charge in [-0.1, -0.05) is 24.3 Å². The van der Waals surface area contributed by atoms with E-state index in [1.54, 1.807) is 7.11 Å². The van der Waals surface area contributed by atoms with Gasteiger partial charge in [0.1, 0.15) is 11.4 Å². The minimum absolute atomic E-state index is 0.690. The van der Waals surface area contributed by atoms with Gasteiger partial charge in [-0.2, -0.15) is 5.10 Å². The highest BCUT2D eigenvalue weighted by Gasteiger charge is 2.18. The molecule has 37 heavy (non-hydrogen) atoms. The molecule has 5 aromatic rings. The van der Waals surface area contributed by atoms with Crippen molar-refractivity contribution in [2.45, 2.75) is 20.4 Å². The van der Waals surface area contributed by atoms with Crippen LogP contribution >= 0.6 is 0 Å². The Hall–Kier alpha value is -4.10. The van der Waals surface area contributed by atoms with Crippen LogP contribution in [-0.2, 0) is 6.54 Å². The number of aryl methyl sites for hydroxylation is 1. The summed E-state index contributed by atoms with van der Waals surface area (Å²) in [6, 6.07) is 19.2. The average Bonchev–Trinajstić information content (AvgIpc) is 3.48. The molecular formula is C30H32N6O. The third kappa shape index (κ3) is 4.47. The Morgan fingerprint density at radius 3 is 2.57 bits per heavy atom. The summed E-state index contributed by atoms with van der Waals surface area (Å²) in [4.78, 5) is 10.6. The first-order chi connectivity index (χ1) is 18.1. The van der Waals surface area contributed by atoms with Crippen molar-refractivity contribution < 1.29 is 4.74 Å². The number of H-pyrrole nitrogens is 1. The van der Waals surface area contributed by atoms with Crippen LogP contribution in [0.2, 0.25) is 0 Å². The van der Waals surface area contributed by atoms with Gasteiger partial charge in [0.05, 0.1) is 19.3 Å². The van der Waals surface area contributed by atoms with Crippen LogP contribution in [0.15, 0.2) is 67.0 Å². The molecule has 6 rings (SSSR count). The van der Waals surface area contributed by atoms with Crippen molar-refractivity contribution in [3.8, 4) is 28.0 Å². The van der Waals surface area contributed by atoms with E-state index >= 15 is 0 Å². The van der Waals surface area contributed by atoms with E-state index in [1.807, 2.05) is 18.3 Å². The summed E-state index contributed by atoms with van der Waals surface area (Å²) in [6.45, 7) is 9.07. The van der Waals surface area contributed by atoms with Crippen molar-refractivity contribution in [2.24, 2.45) is 0 Å². The van der Waals surface area contributed by atoms with E-state index in [0.717, 1.165) is 76.6 Å². The lowest BCUT2D eigenvalue weighted by atomic mass is 10.0. The minimum atomic E-state index is 0.690. The lowest BCUT2D eigenvalue weighted by molar-refractivity contribution is 0.414. The Morgan fingerprint density at radius 1 is 0.973 bits per heavy atom. The first kappa shape index (κ1) is 23.3. The number of ether oxygens (including phenoxy) is 1. The van der Waals surface area contributed by atoms with Crippen molar-refractivity contribution in [1.82, 2.24) is 25.1 Å². The standard InChI is InChI=1S/C30H32N6O/c1-20-29(21(2)36(34-20)19-22-5-4-6-26(15-22)37-3)28-18-33-30-27(28)16-24(17-32-30)23-7-9-25(10-8-23)35-13-11-31-12-14-35/h4-10,15-18,31H,11-14,19H2,1-3H3,(H,32,33). The van der Waals surface area contributed by atoms with Gasteiger partial charge in [0.2, 0.25) is 0 Å². The number of rotatable bonds is 6. The molecule has 1 fully saturated rings. The van der Waals surface area contributed by atoms with Crippen LogP contribution in [-0.4, -0.2) is 53.0 Å². The Morgan fingerprint density at radius 2 is 1.78 bits per heavy atom. The average molecular weight is 493 g/mol. The second kappa shape index (κ2) is 9.75. The third-order valence-corrected chi connectivity index (χ3v) is 7.33. The van der Waals surface area contributed by atoms with Gasteiger partial charge in [-0.3, -0.25) is 4.68 Å². The maximum absolute atomic E-state index is 5.40. The molecular weight excluding hydrogens is 460 g/mol. The highest BCUT2D eigenvalue weighted by molar-refractivity contribution is 5.97. The lowest BCUT2D eigenvalue weighted by Crippen LogP contribution is -2.43. The van der Waals surface area contributed by atoms with Gasteiger partial charge in [0.15, 0.2) is 0 Å². The maximum Gasteiger partial charge on any atom is 0.137 e. The lowest BCUT2D eigenvalue weighted by Gasteiger charge is -2.29. The molecule has 0 saturated carbocycles. The monoisotopic (exact) mass is 492 g/mol. The zero-order valence-corrected chi connectivity index (χ0v) is 21.6. The summed E-state index contributed by atoms with van der Waals surface area (Å²) in [5.41, 5.74) is 10.0. The SMILES string of the molecule is COc1cccc(Cn2nc(C)c(-c3c[nH]c4ncc(-c5ccc(N6CCNCC6)cc5)cc34)c2C)c1. The van der Waals surface area contributed by atoms with Crippen molar-refractivity contribution in [2.75, 3.05) is 38.2 Å². The number of hydrogen-bond donors (Lipinski definition) is 2. The number of nitrogens with zero attached hydrogens (tertiary/aromatic N) is 4. The molecule has 0 aliphatic carbocycles. The Balaban J connectivity index is 1.32. The van der Waals surface area contributed by atoms with E-state index in [0.29, 0.717) is 6.54 Å². The second-order valence-corrected chi connectivity index (χ2v) is 9.66. The van der Waals surface area contributed by atoms with Gasteiger partial charge in [-0.05, 0) is 55.3 Å². The Bertz CT molecular complexity index is 1540. The number of anilines is 1. The summed E-state index contributed by atoms with van der Waals surface area (Å²) in [5.74, 6) is 0.857. The van der Waals surface area contributed by atoms with Crippen molar-refractivity contribution in [1.29, 1.82) is 0 Å². The molecule has 0 radical (unpaired) electrons. The number of hydrogen-bond acceptors (Lipinski definition) is 5. The number of piperazine rings is 1. The molecule has 1 aliphatic heterocycles. The van der Waals surface area contributed by atoms with Crippen molar-refractivity contribution in [3.05, 3.63) is 83.9 Å². The fourth-order valence-corrected chi connectivity index (χ4v) is 5.34. The normalized spacial score (nSPS) is 13.9. The van der Waals surface area contributed by atoms with Crippen LogP contribution in [0, 0.1) is 13.8 Å². The summed E-state index contributed by atoms with van der Waals surface area (Å²) in [5, 5.41) is 9.42. The molecule has 0 unspecified atom stereocenters. The first-order valence-corrected chi connectivity index (χ1v) is 12.8. The fraction of sp³-hybridized carbons (Fsp3) is 0.267. The van der Waals surface area contributed by atoms with E-state index in [1.165, 1.54) is 11.3 Å². The van der Waals surface area contributed by atoms with E-state index in [-0.39, 0.29) is 0 Å². The molecule has 3 aromatic heterocycles. The molecule has 1 saturated heterocycles. The molecule has 2 N–H and O–H groups in total. The highest BCUT2D eigenvalue weighted by Crippen LogP contribution is 2.35. The zero-order chi connectivity index (χ0) is 25.4. The van der Waals surface area contributed by atoms with Gasteiger partial charge >= 0.3 is 0 Å². The minimum Gasteiger partial charge on any atom is -0.497 e. The molecule has 0 atom stereocenters. The smallest absolute Gasteiger partial charge is 0.137 e. The number of aromatic nitrogens is 4. The molecule has 188 valence electrons. The Kier molecular flexibility index (Phi) is 6.14. The van der Waals surface area contributed by atoms with E-state index < -0.39 is 0 Å². The molecule has 2 aromatic carbocycles. The molecule has 0 bridgehead atoms. The number of pyridine rings is 1.